The van der Waals surface area contributed by atoms with Crippen LogP contribution in [0, 0.1) is 0 Å². The van der Waals surface area contributed by atoms with E-state index in [2.05, 4.69) is 47.9 Å². The summed E-state index contributed by atoms with van der Waals surface area (Å²) in [5.74, 6) is 0.946. The van der Waals surface area contributed by atoms with E-state index in [4.69, 9.17) is 4.74 Å². The molecule has 0 atom stereocenters. The van der Waals surface area contributed by atoms with Gasteiger partial charge in [-0.05, 0) is 57.4 Å². The van der Waals surface area contributed by atoms with Crippen LogP contribution in [-0.4, -0.2) is 55.7 Å². The van der Waals surface area contributed by atoms with Gasteiger partial charge in [0.25, 0.3) is 0 Å². The van der Waals surface area contributed by atoms with E-state index in [0.717, 1.165) is 5.75 Å². The first-order valence-electron chi connectivity index (χ1n) is 8.28. The largest absolute Gasteiger partial charge is 0.497 e. The fraction of sp³-hybridized carbons (Fsp3) is 0.667. The first-order valence-corrected chi connectivity index (χ1v) is 8.28. The lowest BCUT2D eigenvalue weighted by Gasteiger charge is -2.36. The van der Waals surface area contributed by atoms with Crippen molar-refractivity contribution in [2.75, 3.05) is 39.8 Å². The number of hydrogen-bond donors (Lipinski definition) is 0. The zero-order chi connectivity index (χ0) is 15.1. The molecule has 1 aliphatic heterocycles. The van der Waals surface area contributed by atoms with E-state index in [0.29, 0.717) is 6.04 Å². The Bertz CT molecular complexity index is 394. The van der Waals surface area contributed by atoms with Crippen molar-refractivity contribution in [1.29, 1.82) is 0 Å². The summed E-state index contributed by atoms with van der Waals surface area (Å²) in [6.45, 7) is 10.8. The molecule has 0 aromatic heterocycles. The number of nitrogens with zero attached hydrogens (tertiary/aromatic N) is 2. The van der Waals surface area contributed by atoms with Crippen LogP contribution in [0.5, 0.6) is 5.75 Å². The predicted octanol–water partition coefficient (Wildman–Crippen LogP) is 3.04. The van der Waals surface area contributed by atoms with Crippen LogP contribution in [0.4, 0.5) is 0 Å². The molecule has 0 aliphatic carbocycles. The molecule has 0 radical (unpaired) electrons. The summed E-state index contributed by atoms with van der Waals surface area (Å²) in [5, 5.41) is 0. The summed E-state index contributed by atoms with van der Waals surface area (Å²) in [6.07, 6.45) is 3.75. The second-order valence-electron chi connectivity index (χ2n) is 6.28. The molecule has 1 fully saturated rings. The SMILES string of the molecule is COc1ccc(CCCCN2CCN(C(C)C)CC2)cc1. The van der Waals surface area contributed by atoms with Crippen LogP contribution in [0.15, 0.2) is 24.3 Å². The summed E-state index contributed by atoms with van der Waals surface area (Å²) in [7, 11) is 1.72. The van der Waals surface area contributed by atoms with Gasteiger partial charge in [-0.3, -0.25) is 4.90 Å². The minimum absolute atomic E-state index is 0.697. The van der Waals surface area contributed by atoms with Gasteiger partial charge in [-0.1, -0.05) is 12.1 Å². The highest BCUT2D eigenvalue weighted by Gasteiger charge is 2.17. The minimum atomic E-state index is 0.697. The molecule has 3 nitrogen and oxygen atoms in total. The van der Waals surface area contributed by atoms with Crippen molar-refractivity contribution < 1.29 is 4.74 Å². The lowest BCUT2D eigenvalue weighted by molar-refractivity contribution is 0.107. The van der Waals surface area contributed by atoms with Crippen LogP contribution < -0.4 is 4.74 Å². The van der Waals surface area contributed by atoms with Crippen molar-refractivity contribution in [3.63, 3.8) is 0 Å². The van der Waals surface area contributed by atoms with Crippen LogP contribution in [0.1, 0.15) is 32.3 Å². The Morgan fingerprint density at radius 2 is 1.67 bits per heavy atom. The summed E-state index contributed by atoms with van der Waals surface area (Å²) < 4.78 is 5.19. The first-order chi connectivity index (χ1) is 10.2. The van der Waals surface area contributed by atoms with Crippen molar-refractivity contribution in [3.8, 4) is 5.75 Å². The monoisotopic (exact) mass is 290 g/mol. The van der Waals surface area contributed by atoms with E-state index < -0.39 is 0 Å². The normalized spacial score (nSPS) is 17.3. The second kappa shape index (κ2) is 8.40. The summed E-state index contributed by atoms with van der Waals surface area (Å²) in [4.78, 5) is 5.20. The Labute approximate surface area is 129 Å². The smallest absolute Gasteiger partial charge is 0.118 e. The van der Waals surface area contributed by atoms with Crippen molar-refractivity contribution in [2.45, 2.75) is 39.2 Å². The fourth-order valence-corrected chi connectivity index (χ4v) is 2.96. The van der Waals surface area contributed by atoms with Crippen LogP contribution in [0.3, 0.4) is 0 Å². The summed E-state index contributed by atoms with van der Waals surface area (Å²) in [5.41, 5.74) is 1.42. The molecule has 0 amide bonds. The molecule has 21 heavy (non-hydrogen) atoms. The third-order valence-corrected chi connectivity index (χ3v) is 4.49. The van der Waals surface area contributed by atoms with E-state index >= 15 is 0 Å². The second-order valence-corrected chi connectivity index (χ2v) is 6.28. The van der Waals surface area contributed by atoms with E-state index in [1.54, 1.807) is 7.11 Å². The van der Waals surface area contributed by atoms with Crippen LogP contribution in [-0.2, 0) is 6.42 Å². The van der Waals surface area contributed by atoms with Gasteiger partial charge in [0.15, 0.2) is 0 Å². The molecule has 0 unspecified atom stereocenters. The van der Waals surface area contributed by atoms with Crippen molar-refractivity contribution >= 4 is 0 Å². The molecule has 0 saturated carbocycles. The standard InChI is InChI=1S/C18H30N2O/c1-16(2)20-14-12-19(13-15-20)11-5-4-6-17-7-9-18(21-3)10-8-17/h7-10,16H,4-6,11-15H2,1-3H3. The van der Waals surface area contributed by atoms with Gasteiger partial charge in [-0.25, -0.2) is 0 Å². The molecule has 118 valence electrons. The zero-order valence-electron chi connectivity index (χ0n) is 13.8. The van der Waals surface area contributed by atoms with Gasteiger partial charge in [0.1, 0.15) is 5.75 Å². The molecule has 0 N–H and O–H groups in total. The van der Waals surface area contributed by atoms with Crippen molar-refractivity contribution in [2.24, 2.45) is 0 Å². The van der Waals surface area contributed by atoms with Gasteiger partial charge < -0.3 is 9.64 Å². The lowest BCUT2D eigenvalue weighted by Crippen LogP contribution is -2.48. The average Bonchev–Trinajstić information content (AvgIpc) is 2.52. The highest BCUT2D eigenvalue weighted by molar-refractivity contribution is 5.27. The minimum Gasteiger partial charge on any atom is -0.497 e. The summed E-state index contributed by atoms with van der Waals surface area (Å²) >= 11 is 0. The Morgan fingerprint density at radius 1 is 1.00 bits per heavy atom. The van der Waals surface area contributed by atoms with Crippen LogP contribution in [0.2, 0.25) is 0 Å². The van der Waals surface area contributed by atoms with Gasteiger partial charge in [-0.15, -0.1) is 0 Å². The van der Waals surface area contributed by atoms with E-state index in [1.807, 2.05) is 0 Å². The molecule has 2 rings (SSSR count). The molecule has 0 spiro atoms. The Morgan fingerprint density at radius 3 is 2.24 bits per heavy atom. The lowest BCUT2D eigenvalue weighted by atomic mass is 10.1. The van der Waals surface area contributed by atoms with Gasteiger partial charge >= 0.3 is 0 Å². The van der Waals surface area contributed by atoms with Gasteiger partial charge in [-0.2, -0.15) is 0 Å². The predicted molar refractivity (Wildman–Crippen MR) is 89.1 cm³/mol. The number of ether oxygens (including phenoxy) is 1. The molecule has 1 aliphatic rings. The third kappa shape index (κ3) is 5.33. The molecule has 1 saturated heterocycles. The molecule has 0 bridgehead atoms. The Hall–Kier alpha value is -1.06. The Kier molecular flexibility index (Phi) is 6.52. The topological polar surface area (TPSA) is 15.7 Å². The number of unbranched alkanes of at least 4 members (excludes halogenated alkanes) is 1. The van der Waals surface area contributed by atoms with E-state index in [-0.39, 0.29) is 0 Å². The fourth-order valence-electron chi connectivity index (χ4n) is 2.96. The van der Waals surface area contributed by atoms with Crippen molar-refractivity contribution in [1.82, 2.24) is 9.80 Å². The number of aryl methyl sites for hydroxylation is 1. The van der Waals surface area contributed by atoms with Crippen LogP contribution >= 0.6 is 0 Å². The van der Waals surface area contributed by atoms with Gasteiger partial charge in [0.2, 0.25) is 0 Å². The highest BCUT2D eigenvalue weighted by atomic mass is 16.5. The molecule has 1 aromatic carbocycles. The maximum Gasteiger partial charge on any atom is 0.118 e. The van der Waals surface area contributed by atoms with Gasteiger partial charge in [0, 0.05) is 32.2 Å². The maximum atomic E-state index is 5.19. The number of rotatable bonds is 7. The van der Waals surface area contributed by atoms with Crippen molar-refractivity contribution in [3.05, 3.63) is 29.8 Å². The number of benzene rings is 1. The van der Waals surface area contributed by atoms with Gasteiger partial charge in [0.05, 0.1) is 7.11 Å². The molecule has 1 aromatic rings. The molecule has 1 heterocycles. The number of piperazine rings is 1. The number of methoxy groups -OCH3 is 1. The average molecular weight is 290 g/mol. The van der Waals surface area contributed by atoms with Crippen LogP contribution in [0.25, 0.3) is 0 Å². The van der Waals surface area contributed by atoms with E-state index in [1.165, 1.54) is 57.5 Å². The zero-order valence-corrected chi connectivity index (χ0v) is 13.8. The number of hydrogen-bond acceptors (Lipinski definition) is 3. The quantitative estimate of drug-likeness (QED) is 0.718. The first kappa shape index (κ1) is 16.3. The van der Waals surface area contributed by atoms with E-state index in [9.17, 15) is 0 Å². The third-order valence-electron chi connectivity index (χ3n) is 4.49. The summed E-state index contributed by atoms with van der Waals surface area (Å²) in [6, 6.07) is 9.17. The molecule has 3 heteroatoms. The maximum absolute atomic E-state index is 5.19. The molecular formula is C18H30N2O. The Balaban J connectivity index is 1.59. The molecular weight excluding hydrogens is 260 g/mol. The highest BCUT2D eigenvalue weighted by Crippen LogP contribution is 2.13.